The van der Waals surface area contributed by atoms with Crippen LogP contribution in [0.3, 0.4) is 0 Å². The summed E-state index contributed by atoms with van der Waals surface area (Å²) < 4.78 is 15.6. The molecule has 1 aromatic heterocycles. The number of hydrogen-bond acceptors (Lipinski definition) is 4. The zero-order valence-corrected chi connectivity index (χ0v) is 10.6. The van der Waals surface area contributed by atoms with Crippen LogP contribution in [0.5, 0.6) is 0 Å². The molecule has 0 spiro atoms. The lowest BCUT2D eigenvalue weighted by atomic mass is 10.2. The van der Waals surface area contributed by atoms with Crippen LogP contribution >= 0.6 is 15.9 Å². The summed E-state index contributed by atoms with van der Waals surface area (Å²) in [6, 6.07) is 4.41. The third-order valence-corrected chi connectivity index (χ3v) is 2.97. The highest BCUT2D eigenvalue weighted by atomic mass is 79.9. The average Bonchev–Trinajstić information content (AvgIpc) is 2.77. The van der Waals surface area contributed by atoms with Crippen LogP contribution < -0.4 is 5.73 Å². The highest BCUT2D eigenvalue weighted by Crippen LogP contribution is 2.26. The molecule has 0 fully saturated rings. The quantitative estimate of drug-likeness (QED) is 0.931. The highest BCUT2D eigenvalue weighted by Gasteiger charge is 2.12. The van der Waals surface area contributed by atoms with E-state index in [-0.39, 0.29) is 5.82 Å². The van der Waals surface area contributed by atoms with Gasteiger partial charge < -0.3 is 5.73 Å². The Kier molecular flexibility index (Phi) is 3.80. The predicted molar refractivity (Wildman–Crippen MR) is 64.6 cm³/mol. The van der Waals surface area contributed by atoms with Gasteiger partial charge in [0.1, 0.15) is 5.82 Å². The van der Waals surface area contributed by atoms with Gasteiger partial charge >= 0.3 is 0 Å². The number of tetrazole rings is 1. The molecule has 0 amide bonds. The Morgan fingerprint density at radius 2 is 2.24 bits per heavy atom. The molecule has 0 saturated carbocycles. The van der Waals surface area contributed by atoms with Crippen molar-refractivity contribution in [3.05, 3.63) is 28.5 Å². The molecule has 0 unspecified atom stereocenters. The van der Waals surface area contributed by atoms with Crippen LogP contribution in [-0.2, 0) is 6.54 Å². The van der Waals surface area contributed by atoms with Gasteiger partial charge in [-0.05, 0) is 41.6 Å². The van der Waals surface area contributed by atoms with Crippen LogP contribution in [0.1, 0.15) is 6.42 Å². The van der Waals surface area contributed by atoms with Gasteiger partial charge in [0.2, 0.25) is 0 Å². The minimum Gasteiger partial charge on any atom is -0.330 e. The van der Waals surface area contributed by atoms with Crippen LogP contribution in [-0.4, -0.2) is 26.8 Å². The molecule has 1 heterocycles. The number of benzene rings is 1. The van der Waals surface area contributed by atoms with Crippen molar-refractivity contribution in [1.82, 2.24) is 20.2 Å². The lowest BCUT2D eigenvalue weighted by Crippen LogP contribution is -2.08. The Hall–Kier alpha value is -1.34. The first kappa shape index (κ1) is 12.1. The summed E-state index contributed by atoms with van der Waals surface area (Å²) in [6.07, 6.45) is 0.769. The van der Waals surface area contributed by atoms with Crippen molar-refractivity contribution >= 4 is 15.9 Å². The SMILES string of the molecule is NCCCn1nnnc1-c1cc(F)ccc1Br. The van der Waals surface area contributed by atoms with Crippen LogP contribution in [0.2, 0.25) is 0 Å². The summed E-state index contributed by atoms with van der Waals surface area (Å²) in [6.45, 7) is 1.17. The first-order chi connectivity index (χ1) is 8.22. The molecule has 90 valence electrons. The van der Waals surface area contributed by atoms with Gasteiger partial charge in [0, 0.05) is 16.6 Å². The van der Waals surface area contributed by atoms with E-state index >= 15 is 0 Å². The zero-order chi connectivity index (χ0) is 12.3. The fourth-order valence-electron chi connectivity index (χ4n) is 1.46. The minimum atomic E-state index is -0.323. The van der Waals surface area contributed by atoms with Gasteiger partial charge in [-0.2, -0.15) is 0 Å². The number of aryl methyl sites for hydroxylation is 1. The van der Waals surface area contributed by atoms with Crippen molar-refractivity contribution in [2.24, 2.45) is 5.73 Å². The lowest BCUT2D eigenvalue weighted by Gasteiger charge is -2.05. The lowest BCUT2D eigenvalue weighted by molar-refractivity contribution is 0.568. The van der Waals surface area contributed by atoms with Crippen LogP contribution in [0.15, 0.2) is 22.7 Å². The summed E-state index contributed by atoms with van der Waals surface area (Å²) >= 11 is 3.35. The number of hydrogen-bond donors (Lipinski definition) is 1. The number of halogens is 2. The fourth-order valence-corrected chi connectivity index (χ4v) is 1.88. The molecule has 0 aliphatic heterocycles. The first-order valence-corrected chi connectivity index (χ1v) is 5.93. The summed E-state index contributed by atoms with van der Waals surface area (Å²) in [5, 5.41) is 11.4. The van der Waals surface area contributed by atoms with Crippen molar-refractivity contribution in [3.63, 3.8) is 0 Å². The second-order valence-electron chi connectivity index (χ2n) is 3.49. The largest absolute Gasteiger partial charge is 0.330 e. The zero-order valence-electron chi connectivity index (χ0n) is 8.98. The molecular weight excluding hydrogens is 289 g/mol. The number of rotatable bonds is 4. The summed E-state index contributed by atoms with van der Waals surface area (Å²) in [5.74, 6) is 0.210. The smallest absolute Gasteiger partial charge is 0.183 e. The fraction of sp³-hybridized carbons (Fsp3) is 0.300. The van der Waals surface area contributed by atoms with Crippen molar-refractivity contribution in [1.29, 1.82) is 0 Å². The van der Waals surface area contributed by atoms with E-state index in [4.69, 9.17) is 5.73 Å². The molecule has 2 aromatic rings. The maximum Gasteiger partial charge on any atom is 0.183 e. The third kappa shape index (κ3) is 2.67. The van der Waals surface area contributed by atoms with E-state index < -0.39 is 0 Å². The number of aromatic nitrogens is 4. The van der Waals surface area contributed by atoms with E-state index in [1.165, 1.54) is 12.1 Å². The van der Waals surface area contributed by atoms with Crippen molar-refractivity contribution in [3.8, 4) is 11.4 Å². The topological polar surface area (TPSA) is 69.6 Å². The molecule has 5 nitrogen and oxygen atoms in total. The second kappa shape index (κ2) is 5.33. The van der Waals surface area contributed by atoms with Gasteiger partial charge in [-0.1, -0.05) is 15.9 Å². The van der Waals surface area contributed by atoms with Gasteiger partial charge in [0.25, 0.3) is 0 Å². The van der Waals surface area contributed by atoms with E-state index in [0.717, 1.165) is 10.9 Å². The van der Waals surface area contributed by atoms with E-state index in [0.29, 0.717) is 24.5 Å². The van der Waals surface area contributed by atoms with E-state index in [2.05, 4.69) is 31.5 Å². The van der Waals surface area contributed by atoms with Gasteiger partial charge in [-0.3, -0.25) is 0 Å². The molecule has 2 rings (SSSR count). The Balaban J connectivity index is 2.38. The molecule has 1 aromatic carbocycles. The second-order valence-corrected chi connectivity index (χ2v) is 4.35. The minimum absolute atomic E-state index is 0.323. The van der Waals surface area contributed by atoms with E-state index in [1.54, 1.807) is 10.7 Å². The molecule has 0 radical (unpaired) electrons. The molecule has 0 saturated heterocycles. The summed E-state index contributed by atoms with van der Waals surface area (Å²) in [4.78, 5) is 0. The Labute approximate surface area is 106 Å². The average molecular weight is 300 g/mol. The van der Waals surface area contributed by atoms with Crippen molar-refractivity contribution in [2.75, 3.05) is 6.54 Å². The maximum atomic E-state index is 13.2. The van der Waals surface area contributed by atoms with E-state index in [1.807, 2.05) is 0 Å². The molecule has 17 heavy (non-hydrogen) atoms. The Bertz CT molecular complexity index is 513. The van der Waals surface area contributed by atoms with Gasteiger partial charge in [-0.15, -0.1) is 5.10 Å². The molecule has 0 atom stereocenters. The molecule has 0 bridgehead atoms. The van der Waals surface area contributed by atoms with Crippen molar-refractivity contribution in [2.45, 2.75) is 13.0 Å². The monoisotopic (exact) mass is 299 g/mol. The summed E-state index contributed by atoms with van der Waals surface area (Å²) in [5.41, 5.74) is 6.07. The number of nitrogens with zero attached hydrogens (tertiary/aromatic N) is 4. The van der Waals surface area contributed by atoms with Gasteiger partial charge in [0.05, 0.1) is 0 Å². The molecule has 7 heteroatoms. The van der Waals surface area contributed by atoms with Gasteiger partial charge in [0.15, 0.2) is 5.82 Å². The highest BCUT2D eigenvalue weighted by molar-refractivity contribution is 9.10. The van der Waals surface area contributed by atoms with Crippen LogP contribution in [0, 0.1) is 5.82 Å². The van der Waals surface area contributed by atoms with Crippen molar-refractivity contribution < 1.29 is 4.39 Å². The molecular formula is C10H11BrFN5. The van der Waals surface area contributed by atoms with Crippen LogP contribution in [0.4, 0.5) is 4.39 Å². The first-order valence-electron chi connectivity index (χ1n) is 5.14. The molecule has 2 N–H and O–H groups in total. The summed E-state index contributed by atoms with van der Waals surface area (Å²) in [7, 11) is 0. The number of nitrogens with two attached hydrogens (primary N) is 1. The normalized spacial score (nSPS) is 10.8. The predicted octanol–water partition coefficient (Wildman–Crippen LogP) is 1.59. The third-order valence-electron chi connectivity index (χ3n) is 2.28. The maximum absolute atomic E-state index is 13.2. The Morgan fingerprint density at radius 3 is 3.00 bits per heavy atom. The van der Waals surface area contributed by atoms with E-state index in [9.17, 15) is 4.39 Å². The molecule has 0 aliphatic carbocycles. The molecule has 0 aliphatic rings. The van der Waals surface area contributed by atoms with Gasteiger partial charge in [-0.25, -0.2) is 9.07 Å². The Morgan fingerprint density at radius 1 is 1.41 bits per heavy atom. The standard InChI is InChI=1S/C10H11BrFN5/c11-9-3-2-7(12)6-8(9)10-14-15-16-17(10)5-1-4-13/h2-3,6H,1,4-5,13H2. The van der Waals surface area contributed by atoms with Crippen LogP contribution in [0.25, 0.3) is 11.4 Å².